The van der Waals surface area contributed by atoms with Crippen LogP contribution in [-0.4, -0.2) is 28.9 Å². The number of piperidine rings is 1. The Morgan fingerprint density at radius 3 is 2.48 bits per heavy atom. The third kappa shape index (κ3) is 4.04. The Kier molecular flexibility index (Phi) is 4.96. The molecule has 1 aromatic rings. The summed E-state index contributed by atoms with van der Waals surface area (Å²) in [6.45, 7) is 5.74. The van der Waals surface area contributed by atoms with Gasteiger partial charge in [-0.3, -0.25) is 10.2 Å². The second-order valence-corrected chi connectivity index (χ2v) is 5.74. The number of urea groups is 1. The lowest BCUT2D eigenvalue weighted by Crippen LogP contribution is -2.55. The molecule has 1 aliphatic heterocycles. The second-order valence-electron chi connectivity index (χ2n) is 5.74. The monoisotopic (exact) mass is 289 g/mol. The molecule has 1 saturated heterocycles. The maximum absolute atomic E-state index is 12.1. The van der Waals surface area contributed by atoms with Gasteiger partial charge in [-0.25, -0.2) is 9.80 Å². The molecule has 0 saturated carbocycles. The number of hydrazine groups is 1. The van der Waals surface area contributed by atoms with Gasteiger partial charge in [0, 0.05) is 23.3 Å². The maximum Gasteiger partial charge on any atom is 0.333 e. The summed E-state index contributed by atoms with van der Waals surface area (Å²) in [5, 5.41) is 4.79. The first-order valence-electron chi connectivity index (χ1n) is 7.44. The van der Waals surface area contributed by atoms with Crippen LogP contribution in [0.4, 0.5) is 10.5 Å². The van der Waals surface area contributed by atoms with Gasteiger partial charge in [0.25, 0.3) is 0 Å². The van der Waals surface area contributed by atoms with Crippen LogP contribution in [0.1, 0.15) is 50.4 Å². The van der Waals surface area contributed by atoms with E-state index in [9.17, 15) is 9.59 Å². The zero-order chi connectivity index (χ0) is 15.4. The van der Waals surface area contributed by atoms with Gasteiger partial charge in [0.2, 0.25) is 0 Å². The Bertz CT molecular complexity index is 520. The second kappa shape index (κ2) is 6.72. The van der Waals surface area contributed by atoms with E-state index < -0.39 is 0 Å². The van der Waals surface area contributed by atoms with E-state index in [0.717, 1.165) is 12.8 Å². The molecule has 1 heterocycles. The minimum Gasteiger partial charge on any atom is -0.307 e. The highest BCUT2D eigenvalue weighted by atomic mass is 16.2. The number of hydrogen-bond donors (Lipinski definition) is 2. The molecular weight excluding hydrogens is 266 g/mol. The van der Waals surface area contributed by atoms with Gasteiger partial charge in [0.15, 0.2) is 5.78 Å². The standard InChI is InChI=1S/C16H23N3O2/c1-11-6-4-7-12(2)19(11)18-16(21)17-15-9-5-8-14(10-15)13(3)20/h5,8-12H,4,6-7H2,1-3H3,(H2,17,18,21). The molecule has 0 bridgehead atoms. The van der Waals surface area contributed by atoms with Crippen molar-refractivity contribution in [2.45, 2.75) is 52.1 Å². The lowest BCUT2D eigenvalue weighted by atomic mass is 10.00. The number of carbonyl (C=O) groups is 2. The lowest BCUT2D eigenvalue weighted by Gasteiger charge is -2.38. The zero-order valence-corrected chi connectivity index (χ0v) is 12.8. The summed E-state index contributed by atoms with van der Waals surface area (Å²) < 4.78 is 0. The molecule has 2 unspecified atom stereocenters. The van der Waals surface area contributed by atoms with Crippen LogP contribution in [0.15, 0.2) is 24.3 Å². The van der Waals surface area contributed by atoms with Crippen molar-refractivity contribution < 1.29 is 9.59 Å². The minimum atomic E-state index is -0.267. The quantitative estimate of drug-likeness (QED) is 0.840. The molecule has 5 heteroatoms. The Morgan fingerprint density at radius 1 is 1.19 bits per heavy atom. The largest absolute Gasteiger partial charge is 0.333 e. The van der Waals surface area contributed by atoms with Gasteiger partial charge in [-0.05, 0) is 45.7 Å². The predicted octanol–water partition coefficient (Wildman–Crippen LogP) is 3.19. The molecule has 114 valence electrons. The first-order chi connectivity index (χ1) is 9.97. The highest BCUT2D eigenvalue weighted by molar-refractivity contribution is 5.96. The maximum atomic E-state index is 12.1. The molecule has 2 N–H and O–H groups in total. The van der Waals surface area contributed by atoms with E-state index in [1.165, 1.54) is 13.3 Å². The van der Waals surface area contributed by atoms with Gasteiger partial charge in [-0.2, -0.15) is 0 Å². The number of anilines is 1. The molecule has 0 aliphatic carbocycles. The van der Waals surface area contributed by atoms with Crippen LogP contribution in [0.25, 0.3) is 0 Å². The van der Waals surface area contributed by atoms with Gasteiger partial charge in [0.05, 0.1) is 0 Å². The van der Waals surface area contributed by atoms with Crippen LogP contribution >= 0.6 is 0 Å². The first-order valence-corrected chi connectivity index (χ1v) is 7.44. The van der Waals surface area contributed by atoms with Crippen molar-refractivity contribution in [2.75, 3.05) is 5.32 Å². The first kappa shape index (κ1) is 15.5. The summed E-state index contributed by atoms with van der Waals surface area (Å²) in [4.78, 5) is 23.5. The van der Waals surface area contributed by atoms with E-state index in [1.54, 1.807) is 24.3 Å². The van der Waals surface area contributed by atoms with Crippen LogP contribution in [0.5, 0.6) is 0 Å². The topological polar surface area (TPSA) is 61.4 Å². The molecule has 0 radical (unpaired) electrons. The molecule has 5 nitrogen and oxygen atoms in total. The van der Waals surface area contributed by atoms with Gasteiger partial charge < -0.3 is 5.32 Å². The Balaban J connectivity index is 1.98. The molecule has 2 rings (SSSR count). The highest BCUT2D eigenvalue weighted by Gasteiger charge is 2.26. The summed E-state index contributed by atoms with van der Waals surface area (Å²) >= 11 is 0. The molecule has 0 spiro atoms. The third-order valence-corrected chi connectivity index (χ3v) is 3.95. The van der Waals surface area contributed by atoms with E-state index >= 15 is 0 Å². The number of nitrogens with zero attached hydrogens (tertiary/aromatic N) is 1. The predicted molar refractivity (Wildman–Crippen MR) is 83.2 cm³/mol. The fraction of sp³-hybridized carbons (Fsp3) is 0.500. The number of Topliss-reactive ketones (excluding diaryl/α,β-unsaturated/α-hetero) is 1. The van der Waals surface area contributed by atoms with Crippen molar-refractivity contribution in [2.24, 2.45) is 0 Å². The van der Waals surface area contributed by atoms with Crippen molar-refractivity contribution in [3.8, 4) is 0 Å². The van der Waals surface area contributed by atoms with Crippen LogP contribution in [0, 0.1) is 0 Å². The van der Waals surface area contributed by atoms with Crippen molar-refractivity contribution in [3.63, 3.8) is 0 Å². The number of carbonyl (C=O) groups excluding carboxylic acids is 2. The average Bonchev–Trinajstić information content (AvgIpc) is 2.43. The summed E-state index contributed by atoms with van der Waals surface area (Å²) in [5.41, 5.74) is 4.13. The summed E-state index contributed by atoms with van der Waals surface area (Å²) in [7, 11) is 0. The van der Waals surface area contributed by atoms with Crippen LogP contribution in [0.2, 0.25) is 0 Å². The fourth-order valence-electron chi connectivity index (χ4n) is 2.73. The molecule has 0 aromatic heterocycles. The normalized spacial score (nSPS) is 22.6. The van der Waals surface area contributed by atoms with Gasteiger partial charge in [-0.1, -0.05) is 18.6 Å². The summed E-state index contributed by atoms with van der Waals surface area (Å²) in [5.74, 6) is -0.0164. The summed E-state index contributed by atoms with van der Waals surface area (Å²) in [6, 6.07) is 7.36. The van der Waals surface area contributed by atoms with E-state index in [-0.39, 0.29) is 11.8 Å². The molecule has 1 aliphatic rings. The van der Waals surface area contributed by atoms with Crippen molar-refractivity contribution in [3.05, 3.63) is 29.8 Å². The third-order valence-electron chi connectivity index (χ3n) is 3.95. The fourth-order valence-corrected chi connectivity index (χ4v) is 2.73. The van der Waals surface area contributed by atoms with Crippen LogP contribution in [-0.2, 0) is 0 Å². The van der Waals surface area contributed by atoms with E-state index in [4.69, 9.17) is 0 Å². The Hall–Kier alpha value is -1.88. The van der Waals surface area contributed by atoms with E-state index in [1.807, 2.05) is 5.01 Å². The number of ketones is 1. The number of amides is 2. The van der Waals surface area contributed by atoms with E-state index in [0.29, 0.717) is 23.3 Å². The minimum absolute atomic E-state index is 0.0164. The lowest BCUT2D eigenvalue weighted by molar-refractivity contribution is 0.0625. The average molecular weight is 289 g/mol. The Labute approximate surface area is 125 Å². The van der Waals surface area contributed by atoms with Gasteiger partial charge >= 0.3 is 6.03 Å². The SMILES string of the molecule is CC(=O)c1cccc(NC(=O)NN2C(C)CCCC2C)c1. The number of benzene rings is 1. The van der Waals surface area contributed by atoms with Crippen LogP contribution in [0.3, 0.4) is 0 Å². The number of nitrogens with one attached hydrogen (secondary N) is 2. The number of hydrogen-bond acceptors (Lipinski definition) is 3. The molecule has 2 amide bonds. The zero-order valence-electron chi connectivity index (χ0n) is 12.8. The van der Waals surface area contributed by atoms with Crippen molar-refractivity contribution in [1.29, 1.82) is 0 Å². The molecular formula is C16H23N3O2. The van der Waals surface area contributed by atoms with E-state index in [2.05, 4.69) is 24.6 Å². The summed E-state index contributed by atoms with van der Waals surface area (Å²) in [6.07, 6.45) is 3.37. The van der Waals surface area contributed by atoms with Gasteiger partial charge in [-0.15, -0.1) is 0 Å². The van der Waals surface area contributed by atoms with Crippen LogP contribution < -0.4 is 10.7 Å². The smallest absolute Gasteiger partial charge is 0.307 e. The number of rotatable bonds is 3. The molecule has 21 heavy (non-hydrogen) atoms. The van der Waals surface area contributed by atoms with Crippen molar-refractivity contribution >= 4 is 17.5 Å². The highest BCUT2D eigenvalue weighted by Crippen LogP contribution is 2.20. The van der Waals surface area contributed by atoms with Gasteiger partial charge in [0.1, 0.15) is 0 Å². The molecule has 1 fully saturated rings. The Morgan fingerprint density at radius 2 is 1.86 bits per heavy atom. The van der Waals surface area contributed by atoms with Crippen molar-refractivity contribution in [1.82, 2.24) is 10.4 Å². The molecule has 2 atom stereocenters. The molecule has 1 aromatic carbocycles.